The Morgan fingerprint density at radius 3 is 2.65 bits per heavy atom. The second kappa shape index (κ2) is 6.87. The van der Waals surface area contributed by atoms with Crippen molar-refractivity contribution in [2.75, 3.05) is 13.2 Å². The van der Waals surface area contributed by atoms with E-state index in [9.17, 15) is 4.79 Å². The SMILES string of the molecule is Cc1noc(-c2ccc(C(=O)OCC3COc4ccccc4O3)cc2)n1. The summed E-state index contributed by atoms with van der Waals surface area (Å²) < 4.78 is 21.8. The Balaban J connectivity index is 1.35. The molecule has 4 rings (SSSR count). The molecule has 0 saturated carbocycles. The first kappa shape index (κ1) is 16.1. The van der Waals surface area contributed by atoms with Crippen LogP contribution in [0.5, 0.6) is 11.5 Å². The van der Waals surface area contributed by atoms with Gasteiger partial charge in [-0.3, -0.25) is 0 Å². The normalized spacial score (nSPS) is 15.5. The summed E-state index contributed by atoms with van der Waals surface area (Å²) in [7, 11) is 0. The quantitative estimate of drug-likeness (QED) is 0.667. The minimum absolute atomic E-state index is 0.109. The Bertz CT molecular complexity index is 920. The van der Waals surface area contributed by atoms with Crippen molar-refractivity contribution in [3.63, 3.8) is 0 Å². The van der Waals surface area contributed by atoms with E-state index >= 15 is 0 Å². The van der Waals surface area contributed by atoms with Crippen LogP contribution in [0.25, 0.3) is 11.5 Å². The van der Waals surface area contributed by atoms with Gasteiger partial charge in [0.05, 0.1) is 5.56 Å². The lowest BCUT2D eigenvalue weighted by Gasteiger charge is -2.26. The van der Waals surface area contributed by atoms with Gasteiger partial charge in [0.15, 0.2) is 23.4 Å². The third kappa shape index (κ3) is 3.37. The van der Waals surface area contributed by atoms with Crippen LogP contribution in [0.3, 0.4) is 0 Å². The van der Waals surface area contributed by atoms with Crippen molar-refractivity contribution in [2.45, 2.75) is 13.0 Å². The molecule has 0 saturated heterocycles. The zero-order chi connectivity index (χ0) is 17.9. The zero-order valence-corrected chi connectivity index (χ0v) is 14.0. The van der Waals surface area contributed by atoms with Crippen LogP contribution in [0, 0.1) is 6.92 Å². The third-order valence-corrected chi connectivity index (χ3v) is 3.86. The van der Waals surface area contributed by atoms with Crippen molar-refractivity contribution in [2.24, 2.45) is 0 Å². The van der Waals surface area contributed by atoms with E-state index in [1.807, 2.05) is 24.3 Å². The largest absolute Gasteiger partial charge is 0.486 e. The highest BCUT2D eigenvalue weighted by atomic mass is 16.6. The van der Waals surface area contributed by atoms with Gasteiger partial charge in [-0.2, -0.15) is 4.98 Å². The Labute approximate surface area is 149 Å². The molecule has 2 aromatic carbocycles. The molecule has 1 aliphatic rings. The fourth-order valence-corrected chi connectivity index (χ4v) is 2.56. The van der Waals surface area contributed by atoms with Crippen molar-refractivity contribution in [1.29, 1.82) is 0 Å². The molecular formula is C19H16N2O5. The number of carbonyl (C=O) groups excluding carboxylic acids is 1. The molecule has 132 valence electrons. The lowest BCUT2D eigenvalue weighted by molar-refractivity contribution is 0.0110. The van der Waals surface area contributed by atoms with E-state index in [-0.39, 0.29) is 12.7 Å². The molecular weight excluding hydrogens is 336 g/mol. The number of carbonyl (C=O) groups is 1. The highest BCUT2D eigenvalue weighted by Crippen LogP contribution is 2.30. The number of benzene rings is 2. The molecule has 0 fully saturated rings. The molecule has 1 aliphatic heterocycles. The van der Waals surface area contributed by atoms with Crippen LogP contribution in [0.2, 0.25) is 0 Å². The topological polar surface area (TPSA) is 83.7 Å². The van der Waals surface area contributed by atoms with Gasteiger partial charge in [0.2, 0.25) is 0 Å². The zero-order valence-electron chi connectivity index (χ0n) is 14.0. The van der Waals surface area contributed by atoms with E-state index < -0.39 is 5.97 Å². The molecule has 26 heavy (non-hydrogen) atoms. The maximum Gasteiger partial charge on any atom is 0.338 e. The number of fused-ring (bicyclic) bond motifs is 1. The summed E-state index contributed by atoms with van der Waals surface area (Å²) in [5.74, 6) is 1.88. The summed E-state index contributed by atoms with van der Waals surface area (Å²) >= 11 is 0. The van der Waals surface area contributed by atoms with Crippen LogP contribution in [0.1, 0.15) is 16.2 Å². The lowest BCUT2D eigenvalue weighted by atomic mass is 10.1. The van der Waals surface area contributed by atoms with Gasteiger partial charge in [-0.1, -0.05) is 17.3 Å². The number of ether oxygens (including phenoxy) is 3. The number of nitrogens with zero attached hydrogens (tertiary/aromatic N) is 2. The van der Waals surface area contributed by atoms with Gasteiger partial charge < -0.3 is 18.7 Å². The average molecular weight is 352 g/mol. The van der Waals surface area contributed by atoms with Crippen LogP contribution in [0.4, 0.5) is 0 Å². The minimum atomic E-state index is -0.430. The van der Waals surface area contributed by atoms with E-state index in [1.165, 1.54) is 0 Å². The van der Waals surface area contributed by atoms with Crippen LogP contribution in [-0.4, -0.2) is 35.4 Å². The standard InChI is InChI=1S/C19H16N2O5/c1-12-20-18(26-21-12)13-6-8-14(9-7-13)19(22)24-11-15-10-23-16-4-2-3-5-17(16)25-15/h2-9,15H,10-11H2,1H3. The predicted molar refractivity (Wildman–Crippen MR) is 91.1 cm³/mol. The first-order valence-electron chi connectivity index (χ1n) is 8.15. The van der Waals surface area contributed by atoms with Gasteiger partial charge in [-0.15, -0.1) is 0 Å². The molecule has 1 atom stereocenters. The molecule has 2 heterocycles. The first-order chi connectivity index (χ1) is 12.7. The Hall–Kier alpha value is -3.35. The van der Waals surface area contributed by atoms with Gasteiger partial charge in [0.1, 0.15) is 13.2 Å². The van der Waals surface area contributed by atoms with Crippen LogP contribution >= 0.6 is 0 Å². The molecule has 0 amide bonds. The predicted octanol–water partition coefficient (Wildman–Crippen LogP) is 3.04. The van der Waals surface area contributed by atoms with E-state index in [2.05, 4.69) is 10.1 Å². The summed E-state index contributed by atoms with van der Waals surface area (Å²) in [6, 6.07) is 14.2. The van der Waals surface area contributed by atoms with Crippen molar-refractivity contribution in [3.8, 4) is 23.0 Å². The Kier molecular flexibility index (Phi) is 4.27. The Morgan fingerprint density at radius 2 is 1.92 bits per heavy atom. The highest BCUT2D eigenvalue weighted by Gasteiger charge is 2.22. The monoisotopic (exact) mass is 352 g/mol. The maximum atomic E-state index is 12.2. The molecule has 0 radical (unpaired) electrons. The molecule has 1 unspecified atom stereocenters. The van der Waals surface area contributed by atoms with Crippen molar-refractivity contribution in [1.82, 2.24) is 10.1 Å². The number of aromatic nitrogens is 2. The molecule has 1 aromatic heterocycles. The number of aryl methyl sites for hydroxylation is 1. The summed E-state index contributed by atoms with van der Waals surface area (Å²) in [5, 5.41) is 3.74. The number of rotatable bonds is 4. The highest BCUT2D eigenvalue weighted by molar-refractivity contribution is 5.89. The van der Waals surface area contributed by atoms with E-state index in [1.54, 1.807) is 31.2 Å². The molecule has 7 nitrogen and oxygen atoms in total. The summed E-state index contributed by atoms with van der Waals surface area (Å²) in [5.41, 5.74) is 1.17. The summed E-state index contributed by atoms with van der Waals surface area (Å²) in [6.07, 6.45) is -0.338. The molecule has 0 bridgehead atoms. The number of para-hydroxylation sites is 2. The van der Waals surface area contributed by atoms with Crippen LogP contribution < -0.4 is 9.47 Å². The average Bonchev–Trinajstić information content (AvgIpc) is 3.12. The van der Waals surface area contributed by atoms with Gasteiger partial charge in [0.25, 0.3) is 5.89 Å². The second-order valence-electron chi connectivity index (χ2n) is 5.82. The number of hydrogen-bond acceptors (Lipinski definition) is 7. The molecule has 7 heteroatoms. The second-order valence-corrected chi connectivity index (χ2v) is 5.82. The van der Waals surface area contributed by atoms with Gasteiger partial charge >= 0.3 is 5.97 Å². The number of hydrogen-bond donors (Lipinski definition) is 0. The van der Waals surface area contributed by atoms with Crippen LogP contribution in [0.15, 0.2) is 53.1 Å². The molecule has 0 spiro atoms. The van der Waals surface area contributed by atoms with Gasteiger partial charge in [-0.05, 0) is 43.3 Å². The lowest BCUT2D eigenvalue weighted by Crippen LogP contribution is -2.34. The van der Waals surface area contributed by atoms with Gasteiger partial charge in [-0.25, -0.2) is 4.79 Å². The fraction of sp³-hybridized carbons (Fsp3) is 0.211. The third-order valence-electron chi connectivity index (χ3n) is 3.86. The van der Waals surface area contributed by atoms with E-state index in [4.69, 9.17) is 18.7 Å². The fourth-order valence-electron chi connectivity index (χ4n) is 2.56. The minimum Gasteiger partial charge on any atom is -0.486 e. The van der Waals surface area contributed by atoms with Crippen molar-refractivity contribution < 1.29 is 23.5 Å². The van der Waals surface area contributed by atoms with Crippen molar-refractivity contribution >= 4 is 5.97 Å². The number of esters is 1. The maximum absolute atomic E-state index is 12.2. The summed E-state index contributed by atoms with van der Waals surface area (Å²) in [4.78, 5) is 16.4. The van der Waals surface area contributed by atoms with Crippen molar-refractivity contribution in [3.05, 3.63) is 59.9 Å². The van der Waals surface area contributed by atoms with Crippen LogP contribution in [-0.2, 0) is 4.74 Å². The van der Waals surface area contributed by atoms with Gasteiger partial charge in [0, 0.05) is 5.56 Å². The summed E-state index contributed by atoms with van der Waals surface area (Å²) in [6.45, 7) is 2.19. The molecule has 0 aliphatic carbocycles. The van der Waals surface area contributed by atoms with E-state index in [0.717, 1.165) is 5.56 Å². The molecule has 3 aromatic rings. The van der Waals surface area contributed by atoms with E-state index in [0.29, 0.717) is 35.4 Å². The first-order valence-corrected chi connectivity index (χ1v) is 8.15. The smallest absolute Gasteiger partial charge is 0.338 e. The Morgan fingerprint density at radius 1 is 1.15 bits per heavy atom. The molecule has 0 N–H and O–H groups in total.